The van der Waals surface area contributed by atoms with Gasteiger partial charge >= 0.3 is 0 Å². The van der Waals surface area contributed by atoms with Crippen LogP contribution >= 0.6 is 23.1 Å². The number of nitrogens with one attached hydrogen (secondary N) is 1. The summed E-state index contributed by atoms with van der Waals surface area (Å²) in [5.74, 6) is 6.39. The molecule has 27 heavy (non-hydrogen) atoms. The molecular formula is C19H22N4O2S2. The summed E-state index contributed by atoms with van der Waals surface area (Å²) in [7, 11) is 0. The number of nitrogens with zero attached hydrogens (tertiary/aromatic N) is 2. The van der Waals surface area contributed by atoms with Crippen LogP contribution in [-0.2, 0) is 4.79 Å². The molecule has 0 aliphatic heterocycles. The normalized spacial score (nSPS) is 12.4. The van der Waals surface area contributed by atoms with E-state index in [-0.39, 0.29) is 23.3 Å². The van der Waals surface area contributed by atoms with Gasteiger partial charge in [-0.2, -0.15) is 0 Å². The molecule has 2 heterocycles. The van der Waals surface area contributed by atoms with Gasteiger partial charge in [-0.3, -0.25) is 9.59 Å². The van der Waals surface area contributed by atoms with Crippen LogP contribution in [0, 0.1) is 5.92 Å². The van der Waals surface area contributed by atoms with E-state index < -0.39 is 0 Å². The smallest absolute Gasteiger partial charge is 0.282 e. The summed E-state index contributed by atoms with van der Waals surface area (Å²) in [5.41, 5.74) is 1.47. The van der Waals surface area contributed by atoms with Crippen molar-refractivity contribution >= 4 is 39.2 Å². The van der Waals surface area contributed by atoms with Gasteiger partial charge in [0.2, 0.25) is 5.91 Å². The quantitative estimate of drug-likeness (QED) is 0.376. The first kappa shape index (κ1) is 19.4. The minimum absolute atomic E-state index is 0.0827. The molecule has 8 heteroatoms. The van der Waals surface area contributed by atoms with E-state index in [1.807, 2.05) is 56.5 Å². The average Bonchev–Trinajstić information content (AvgIpc) is 3.08. The van der Waals surface area contributed by atoms with Crippen LogP contribution in [0.4, 0.5) is 0 Å². The molecular weight excluding hydrogens is 380 g/mol. The fourth-order valence-electron chi connectivity index (χ4n) is 2.51. The lowest BCUT2D eigenvalue weighted by Gasteiger charge is -2.17. The molecule has 3 aromatic rings. The van der Waals surface area contributed by atoms with Crippen molar-refractivity contribution < 1.29 is 4.79 Å². The maximum absolute atomic E-state index is 12.8. The molecule has 1 atom stereocenters. The number of nitrogens with two attached hydrogens (primary N) is 1. The van der Waals surface area contributed by atoms with Crippen LogP contribution < -0.4 is 16.7 Å². The first-order chi connectivity index (χ1) is 12.9. The molecule has 3 N–H and O–H groups in total. The van der Waals surface area contributed by atoms with E-state index in [1.54, 1.807) is 0 Å². The van der Waals surface area contributed by atoms with Crippen molar-refractivity contribution in [2.24, 2.45) is 5.92 Å². The van der Waals surface area contributed by atoms with Crippen LogP contribution in [-0.4, -0.2) is 27.4 Å². The summed E-state index contributed by atoms with van der Waals surface area (Å²) < 4.78 is 1.03. The Morgan fingerprint density at radius 1 is 1.30 bits per heavy atom. The predicted molar refractivity (Wildman–Crippen MR) is 113 cm³/mol. The summed E-state index contributed by atoms with van der Waals surface area (Å²) in [6.45, 7) is 6.06. The summed E-state index contributed by atoms with van der Waals surface area (Å²) in [4.78, 5) is 30.0. The zero-order valence-electron chi connectivity index (χ0n) is 15.4. The van der Waals surface area contributed by atoms with Crippen LogP contribution in [0.15, 0.2) is 45.7 Å². The second-order valence-corrected chi connectivity index (χ2v) is 8.45. The highest BCUT2D eigenvalue weighted by atomic mass is 32.2. The highest BCUT2D eigenvalue weighted by Gasteiger charge is 2.17. The second kappa shape index (κ2) is 8.14. The molecule has 0 spiro atoms. The van der Waals surface area contributed by atoms with Gasteiger partial charge in [0.05, 0.1) is 11.1 Å². The number of thiophene rings is 1. The van der Waals surface area contributed by atoms with Crippen LogP contribution in [0.25, 0.3) is 21.3 Å². The first-order valence-corrected chi connectivity index (χ1v) is 10.5. The third-order valence-corrected chi connectivity index (χ3v) is 6.24. The number of hydrogen-bond donors (Lipinski definition) is 2. The third-order valence-electron chi connectivity index (χ3n) is 4.41. The third kappa shape index (κ3) is 4.17. The van der Waals surface area contributed by atoms with Gasteiger partial charge in [-0.05, 0) is 18.4 Å². The Labute approximate surface area is 165 Å². The van der Waals surface area contributed by atoms with E-state index >= 15 is 0 Å². The molecule has 1 amide bonds. The monoisotopic (exact) mass is 402 g/mol. The number of carbonyl (C=O) groups is 1. The summed E-state index contributed by atoms with van der Waals surface area (Å²) >= 11 is 2.57. The van der Waals surface area contributed by atoms with E-state index in [2.05, 4.69) is 10.3 Å². The molecule has 0 radical (unpaired) electrons. The number of thioether (sulfide) groups is 1. The van der Waals surface area contributed by atoms with Crippen molar-refractivity contribution in [3.63, 3.8) is 0 Å². The lowest BCUT2D eigenvalue weighted by molar-refractivity contribution is -0.119. The summed E-state index contributed by atoms with van der Waals surface area (Å²) in [5, 5.41) is 5.69. The number of aromatic nitrogens is 2. The highest BCUT2D eigenvalue weighted by molar-refractivity contribution is 7.99. The molecule has 0 fully saturated rings. The van der Waals surface area contributed by atoms with Gasteiger partial charge < -0.3 is 11.2 Å². The van der Waals surface area contributed by atoms with Gasteiger partial charge in [0, 0.05) is 17.0 Å². The Hall–Kier alpha value is -2.32. The highest BCUT2D eigenvalue weighted by Crippen LogP contribution is 2.31. The second-order valence-electron chi connectivity index (χ2n) is 6.65. The van der Waals surface area contributed by atoms with Gasteiger partial charge in [-0.15, -0.1) is 11.3 Å². The summed E-state index contributed by atoms with van der Waals surface area (Å²) in [6.07, 6.45) is 0. The number of rotatable bonds is 6. The molecule has 0 bridgehead atoms. The molecule has 2 aromatic heterocycles. The zero-order valence-corrected chi connectivity index (χ0v) is 17.1. The standard InChI is InChI=1S/C19H22N4O2S2/c1-11(2)12(3)21-15(24)10-27-19-22-17-16(18(25)23(19)20)14(9-26-17)13-7-5-4-6-8-13/h4-9,11-12H,10,20H2,1-3H3,(H,21,24). The largest absolute Gasteiger partial charge is 0.353 e. The van der Waals surface area contributed by atoms with Crippen molar-refractivity contribution in [3.05, 3.63) is 46.1 Å². The van der Waals surface area contributed by atoms with E-state index in [4.69, 9.17) is 5.84 Å². The van der Waals surface area contributed by atoms with Crippen molar-refractivity contribution in [2.75, 3.05) is 11.6 Å². The Bertz CT molecular complexity index is 1010. The minimum atomic E-state index is -0.307. The zero-order chi connectivity index (χ0) is 19.6. The maximum atomic E-state index is 12.8. The Morgan fingerprint density at radius 3 is 2.67 bits per heavy atom. The van der Waals surface area contributed by atoms with Crippen LogP contribution in [0.1, 0.15) is 20.8 Å². The lowest BCUT2D eigenvalue weighted by atomic mass is 10.1. The van der Waals surface area contributed by atoms with Crippen molar-refractivity contribution in [2.45, 2.75) is 32.0 Å². The van der Waals surface area contributed by atoms with Gasteiger partial charge in [0.1, 0.15) is 4.83 Å². The SMILES string of the molecule is CC(C)C(C)NC(=O)CSc1nc2scc(-c3ccccc3)c2c(=O)n1N. The predicted octanol–water partition coefficient (Wildman–Crippen LogP) is 3.09. The van der Waals surface area contributed by atoms with Crippen molar-refractivity contribution in [1.82, 2.24) is 15.0 Å². The minimum Gasteiger partial charge on any atom is -0.353 e. The van der Waals surface area contributed by atoms with Crippen LogP contribution in [0.3, 0.4) is 0 Å². The Morgan fingerprint density at radius 2 is 2.00 bits per heavy atom. The number of benzene rings is 1. The number of amides is 1. The Balaban J connectivity index is 1.86. The summed E-state index contributed by atoms with van der Waals surface area (Å²) in [6, 6.07) is 9.76. The fraction of sp³-hybridized carbons (Fsp3) is 0.316. The molecule has 0 aliphatic rings. The van der Waals surface area contributed by atoms with Gasteiger partial charge in [0.25, 0.3) is 5.56 Å². The molecule has 142 valence electrons. The molecule has 6 nitrogen and oxygen atoms in total. The number of fused-ring (bicyclic) bond motifs is 1. The van der Waals surface area contributed by atoms with E-state index in [1.165, 1.54) is 11.3 Å². The molecule has 0 aliphatic carbocycles. The fourth-order valence-corrected chi connectivity index (χ4v) is 4.23. The lowest BCUT2D eigenvalue weighted by Crippen LogP contribution is -2.37. The molecule has 0 saturated heterocycles. The first-order valence-electron chi connectivity index (χ1n) is 8.65. The van der Waals surface area contributed by atoms with Crippen molar-refractivity contribution in [1.29, 1.82) is 0 Å². The van der Waals surface area contributed by atoms with E-state index in [9.17, 15) is 9.59 Å². The number of hydrogen-bond acceptors (Lipinski definition) is 6. The average molecular weight is 403 g/mol. The van der Waals surface area contributed by atoms with E-state index in [0.29, 0.717) is 21.3 Å². The number of nitrogen functional groups attached to an aromatic ring is 1. The Kier molecular flexibility index (Phi) is 5.86. The van der Waals surface area contributed by atoms with Crippen LogP contribution in [0.2, 0.25) is 0 Å². The molecule has 1 unspecified atom stereocenters. The van der Waals surface area contributed by atoms with Crippen molar-refractivity contribution in [3.8, 4) is 11.1 Å². The topological polar surface area (TPSA) is 90.0 Å². The van der Waals surface area contributed by atoms with Gasteiger partial charge in [-0.1, -0.05) is 55.9 Å². The maximum Gasteiger partial charge on any atom is 0.282 e. The number of carbonyl (C=O) groups excluding carboxylic acids is 1. The van der Waals surface area contributed by atoms with Gasteiger partial charge in [-0.25, -0.2) is 9.66 Å². The molecule has 0 saturated carbocycles. The molecule has 3 rings (SSSR count). The van der Waals surface area contributed by atoms with E-state index in [0.717, 1.165) is 27.6 Å². The van der Waals surface area contributed by atoms with Crippen LogP contribution in [0.5, 0.6) is 0 Å². The van der Waals surface area contributed by atoms with Gasteiger partial charge in [0.15, 0.2) is 5.16 Å². The molecule has 1 aromatic carbocycles.